The Labute approximate surface area is 134 Å². The van der Waals surface area contributed by atoms with Crippen LogP contribution in [-0.2, 0) is 4.79 Å². The third-order valence-electron chi connectivity index (χ3n) is 3.25. The molecule has 1 saturated heterocycles. The highest BCUT2D eigenvalue weighted by atomic mass is 35.5. The van der Waals surface area contributed by atoms with Crippen LogP contribution in [0.5, 0.6) is 5.75 Å². The second kappa shape index (κ2) is 9.07. The quantitative estimate of drug-likeness (QED) is 0.868. The third kappa shape index (κ3) is 6.08. The molecule has 21 heavy (non-hydrogen) atoms. The summed E-state index contributed by atoms with van der Waals surface area (Å²) in [5, 5.41) is 6.12. The van der Waals surface area contributed by atoms with Gasteiger partial charge in [0.25, 0.3) is 5.91 Å². The van der Waals surface area contributed by atoms with Crippen LogP contribution in [0.15, 0.2) is 18.2 Å². The molecule has 2 rings (SSSR count). The molecule has 2 N–H and O–H groups in total. The Hall–Kier alpha value is -1.04. The van der Waals surface area contributed by atoms with E-state index < -0.39 is 5.82 Å². The molecule has 1 amide bonds. The first kappa shape index (κ1) is 18.0. The zero-order valence-corrected chi connectivity index (χ0v) is 13.1. The van der Waals surface area contributed by atoms with Crippen molar-refractivity contribution in [2.75, 3.05) is 26.2 Å². The fourth-order valence-electron chi connectivity index (χ4n) is 2.12. The third-order valence-corrected chi connectivity index (χ3v) is 3.54. The second-order valence-electron chi connectivity index (χ2n) is 4.88. The van der Waals surface area contributed by atoms with Crippen molar-refractivity contribution >= 4 is 29.9 Å². The van der Waals surface area contributed by atoms with Crippen molar-refractivity contribution in [1.29, 1.82) is 0 Å². The molecule has 1 heterocycles. The van der Waals surface area contributed by atoms with Gasteiger partial charge in [-0.05, 0) is 44.0 Å². The van der Waals surface area contributed by atoms with Crippen LogP contribution in [0.25, 0.3) is 0 Å². The number of hydrogen-bond donors (Lipinski definition) is 2. The van der Waals surface area contributed by atoms with Crippen molar-refractivity contribution in [1.82, 2.24) is 10.6 Å². The Kier molecular flexibility index (Phi) is 7.78. The Balaban J connectivity index is 0.00000220. The van der Waals surface area contributed by atoms with Crippen molar-refractivity contribution in [3.63, 3.8) is 0 Å². The zero-order valence-electron chi connectivity index (χ0n) is 11.5. The van der Waals surface area contributed by atoms with Gasteiger partial charge in [-0.15, -0.1) is 12.4 Å². The molecule has 118 valence electrons. The lowest BCUT2D eigenvalue weighted by Crippen LogP contribution is -2.39. The molecular formula is C14H19Cl2FN2O2. The first-order valence-corrected chi connectivity index (χ1v) is 7.08. The van der Waals surface area contributed by atoms with E-state index in [0.717, 1.165) is 25.9 Å². The maximum atomic E-state index is 13.0. The summed E-state index contributed by atoms with van der Waals surface area (Å²) in [5.74, 6) is 0.170. The largest absolute Gasteiger partial charge is 0.484 e. The Morgan fingerprint density at radius 2 is 2.33 bits per heavy atom. The summed E-state index contributed by atoms with van der Waals surface area (Å²) >= 11 is 5.63. The maximum absolute atomic E-state index is 13.0. The van der Waals surface area contributed by atoms with Gasteiger partial charge in [-0.1, -0.05) is 11.6 Å². The van der Waals surface area contributed by atoms with Crippen LogP contribution in [0.4, 0.5) is 4.39 Å². The average Bonchev–Trinajstić information content (AvgIpc) is 2.47. The minimum absolute atomic E-state index is 0. The first-order chi connectivity index (χ1) is 9.65. The molecular weight excluding hydrogens is 318 g/mol. The lowest BCUT2D eigenvalue weighted by atomic mass is 10.00. The molecule has 1 aromatic rings. The van der Waals surface area contributed by atoms with Crippen molar-refractivity contribution < 1.29 is 13.9 Å². The van der Waals surface area contributed by atoms with Gasteiger partial charge in [0.05, 0.1) is 5.02 Å². The van der Waals surface area contributed by atoms with Crippen molar-refractivity contribution in [2.45, 2.75) is 12.8 Å². The zero-order chi connectivity index (χ0) is 14.4. The second-order valence-corrected chi connectivity index (χ2v) is 5.29. The van der Waals surface area contributed by atoms with Gasteiger partial charge < -0.3 is 15.4 Å². The van der Waals surface area contributed by atoms with Gasteiger partial charge >= 0.3 is 0 Å². The molecule has 1 aliphatic rings. The standard InChI is InChI=1S/C14H18ClFN2O2.ClH/c15-12-6-11(3-4-13(12)16)20-9-14(19)18-8-10-2-1-5-17-7-10;/h3-4,6,10,17H,1-2,5,7-9H2,(H,18,19);1H. The average molecular weight is 337 g/mol. The van der Waals surface area contributed by atoms with E-state index in [-0.39, 0.29) is 29.9 Å². The molecule has 0 bridgehead atoms. The number of benzene rings is 1. The van der Waals surface area contributed by atoms with Gasteiger partial charge in [-0.25, -0.2) is 4.39 Å². The summed E-state index contributed by atoms with van der Waals surface area (Å²) in [7, 11) is 0. The minimum atomic E-state index is -0.506. The number of nitrogens with one attached hydrogen (secondary N) is 2. The summed E-state index contributed by atoms with van der Waals surface area (Å²) < 4.78 is 18.2. The van der Waals surface area contributed by atoms with E-state index in [1.165, 1.54) is 18.2 Å². The van der Waals surface area contributed by atoms with Crippen molar-refractivity contribution in [2.24, 2.45) is 5.92 Å². The summed E-state index contributed by atoms with van der Waals surface area (Å²) in [6.07, 6.45) is 2.27. The highest BCUT2D eigenvalue weighted by Crippen LogP contribution is 2.20. The molecule has 1 unspecified atom stereocenters. The van der Waals surface area contributed by atoms with Crippen LogP contribution in [0.1, 0.15) is 12.8 Å². The number of amides is 1. The lowest BCUT2D eigenvalue weighted by Gasteiger charge is -2.22. The molecule has 0 radical (unpaired) electrons. The smallest absolute Gasteiger partial charge is 0.257 e. The van der Waals surface area contributed by atoms with E-state index in [1.807, 2.05) is 0 Å². The van der Waals surface area contributed by atoms with Crippen LogP contribution in [0, 0.1) is 11.7 Å². The Morgan fingerprint density at radius 1 is 1.52 bits per heavy atom. The van der Waals surface area contributed by atoms with Gasteiger partial charge in [0, 0.05) is 12.6 Å². The summed E-state index contributed by atoms with van der Waals surface area (Å²) in [6, 6.07) is 4.01. The predicted octanol–water partition coefficient (Wildman–Crippen LogP) is 2.40. The molecule has 1 aromatic carbocycles. The summed E-state index contributed by atoms with van der Waals surface area (Å²) in [5.41, 5.74) is 0. The predicted molar refractivity (Wildman–Crippen MR) is 82.8 cm³/mol. The normalized spacial score (nSPS) is 17.7. The Morgan fingerprint density at radius 3 is 3.00 bits per heavy atom. The van der Waals surface area contributed by atoms with Crippen LogP contribution < -0.4 is 15.4 Å². The fourth-order valence-corrected chi connectivity index (χ4v) is 2.29. The molecule has 0 saturated carbocycles. The minimum Gasteiger partial charge on any atom is -0.484 e. The van der Waals surface area contributed by atoms with Crippen molar-refractivity contribution in [3.05, 3.63) is 29.0 Å². The molecule has 0 spiro atoms. The van der Waals surface area contributed by atoms with E-state index in [1.54, 1.807) is 0 Å². The van der Waals surface area contributed by atoms with Crippen LogP contribution in [0.2, 0.25) is 5.02 Å². The van der Waals surface area contributed by atoms with Crippen LogP contribution in [-0.4, -0.2) is 32.1 Å². The highest BCUT2D eigenvalue weighted by Gasteiger charge is 2.14. The van der Waals surface area contributed by atoms with E-state index in [4.69, 9.17) is 16.3 Å². The number of carbonyl (C=O) groups excluding carboxylic acids is 1. The molecule has 1 atom stereocenters. The summed E-state index contributed by atoms with van der Waals surface area (Å²) in [6.45, 7) is 2.55. The van der Waals surface area contributed by atoms with Gasteiger partial charge in [0.1, 0.15) is 11.6 Å². The van der Waals surface area contributed by atoms with Gasteiger partial charge in [0.2, 0.25) is 0 Å². The topological polar surface area (TPSA) is 50.4 Å². The van der Waals surface area contributed by atoms with E-state index in [2.05, 4.69) is 10.6 Å². The van der Waals surface area contributed by atoms with Crippen LogP contribution >= 0.6 is 24.0 Å². The number of rotatable bonds is 5. The van der Waals surface area contributed by atoms with E-state index >= 15 is 0 Å². The molecule has 0 aromatic heterocycles. The number of piperidine rings is 1. The van der Waals surface area contributed by atoms with Gasteiger partial charge in [0.15, 0.2) is 6.61 Å². The molecule has 0 aliphatic carbocycles. The molecule has 1 aliphatic heterocycles. The number of halogens is 3. The van der Waals surface area contributed by atoms with Gasteiger partial charge in [-0.2, -0.15) is 0 Å². The highest BCUT2D eigenvalue weighted by molar-refractivity contribution is 6.30. The SMILES string of the molecule is Cl.O=C(COc1ccc(F)c(Cl)c1)NCC1CCCNC1. The molecule has 4 nitrogen and oxygen atoms in total. The summed E-state index contributed by atoms with van der Waals surface area (Å²) in [4.78, 5) is 11.6. The fraction of sp³-hybridized carbons (Fsp3) is 0.500. The molecule has 7 heteroatoms. The van der Waals surface area contributed by atoms with Crippen molar-refractivity contribution in [3.8, 4) is 5.75 Å². The number of hydrogen-bond acceptors (Lipinski definition) is 3. The first-order valence-electron chi connectivity index (χ1n) is 6.70. The van der Waals surface area contributed by atoms with Crippen LogP contribution in [0.3, 0.4) is 0 Å². The molecule has 1 fully saturated rings. The lowest BCUT2D eigenvalue weighted by molar-refractivity contribution is -0.123. The number of ether oxygens (including phenoxy) is 1. The number of carbonyl (C=O) groups is 1. The monoisotopic (exact) mass is 336 g/mol. The Bertz CT molecular complexity index is 468. The van der Waals surface area contributed by atoms with Gasteiger partial charge in [-0.3, -0.25) is 4.79 Å². The maximum Gasteiger partial charge on any atom is 0.257 e. The van der Waals surface area contributed by atoms with E-state index in [0.29, 0.717) is 18.2 Å². The van der Waals surface area contributed by atoms with E-state index in [9.17, 15) is 9.18 Å².